The van der Waals surface area contributed by atoms with Crippen LogP contribution in [0.15, 0.2) is 54.6 Å². The molecule has 0 aromatic heterocycles. The van der Waals surface area contributed by atoms with Crippen molar-refractivity contribution in [3.8, 4) is 0 Å². The molecule has 0 unspecified atom stereocenters. The fraction of sp³-hybridized carbons (Fsp3) is 0.409. The molecule has 3 heteroatoms. The molecule has 1 aliphatic heterocycles. The Balaban J connectivity index is 1.61. The van der Waals surface area contributed by atoms with Crippen molar-refractivity contribution >= 4 is 17.3 Å². The van der Waals surface area contributed by atoms with Crippen LogP contribution in [0.1, 0.15) is 38.7 Å². The quantitative estimate of drug-likeness (QED) is 0.843. The molecule has 3 rings (SSSR count). The number of hydrogen-bond donors (Lipinski definition) is 1. The molecule has 2 aromatic carbocycles. The van der Waals surface area contributed by atoms with E-state index in [-0.39, 0.29) is 5.91 Å². The Labute approximate surface area is 151 Å². The summed E-state index contributed by atoms with van der Waals surface area (Å²) in [4.78, 5) is 15.1. The van der Waals surface area contributed by atoms with Crippen molar-refractivity contribution in [2.24, 2.45) is 5.41 Å². The number of hydrogen-bond acceptors (Lipinski definition) is 2. The minimum absolute atomic E-state index is 0.0575. The molecule has 1 amide bonds. The van der Waals surface area contributed by atoms with E-state index in [1.807, 2.05) is 44.2 Å². The van der Waals surface area contributed by atoms with Gasteiger partial charge in [0.05, 0.1) is 0 Å². The van der Waals surface area contributed by atoms with Gasteiger partial charge in [-0.1, -0.05) is 44.2 Å². The first-order valence-corrected chi connectivity index (χ1v) is 9.25. The number of carbonyl (C=O) groups is 1. The second-order valence-corrected chi connectivity index (χ2v) is 7.59. The number of rotatable bonds is 5. The summed E-state index contributed by atoms with van der Waals surface area (Å²) in [7, 11) is 0. The summed E-state index contributed by atoms with van der Waals surface area (Å²) >= 11 is 0. The Morgan fingerprint density at radius 1 is 0.960 bits per heavy atom. The first kappa shape index (κ1) is 17.5. The van der Waals surface area contributed by atoms with Crippen LogP contribution in [0.25, 0.3) is 0 Å². The highest BCUT2D eigenvalue weighted by Crippen LogP contribution is 2.26. The molecular weight excluding hydrogens is 308 g/mol. The van der Waals surface area contributed by atoms with Gasteiger partial charge in [-0.25, -0.2) is 0 Å². The lowest BCUT2D eigenvalue weighted by Crippen LogP contribution is -2.32. The van der Waals surface area contributed by atoms with Crippen molar-refractivity contribution in [3.05, 3.63) is 60.2 Å². The molecule has 1 fully saturated rings. The van der Waals surface area contributed by atoms with E-state index in [1.165, 1.54) is 30.5 Å². The predicted octanol–water partition coefficient (Wildman–Crippen LogP) is 4.88. The normalized spacial score (nSPS) is 15.0. The summed E-state index contributed by atoms with van der Waals surface area (Å²) in [5.74, 6) is 0.0575. The van der Waals surface area contributed by atoms with Gasteiger partial charge in [-0.2, -0.15) is 0 Å². The molecule has 0 bridgehead atoms. The van der Waals surface area contributed by atoms with Gasteiger partial charge in [0, 0.05) is 29.9 Å². The summed E-state index contributed by atoms with van der Waals surface area (Å²) < 4.78 is 0. The molecule has 1 heterocycles. The van der Waals surface area contributed by atoms with Gasteiger partial charge in [-0.15, -0.1) is 0 Å². The van der Waals surface area contributed by atoms with E-state index in [4.69, 9.17) is 0 Å². The number of piperidine rings is 1. The van der Waals surface area contributed by atoms with Crippen LogP contribution < -0.4 is 10.2 Å². The van der Waals surface area contributed by atoms with Crippen LogP contribution in [0.2, 0.25) is 0 Å². The zero-order valence-electron chi connectivity index (χ0n) is 15.3. The van der Waals surface area contributed by atoms with E-state index in [0.29, 0.717) is 0 Å². The largest absolute Gasteiger partial charge is 0.372 e. The standard InChI is InChI=1S/C22H28N2O/c1-22(2,17-18-9-5-3-6-10-18)21(25)23-19-11-13-20(14-12-19)24-15-7-4-8-16-24/h3,5-6,9-14H,4,7-8,15-17H2,1-2H3,(H,23,25). The highest BCUT2D eigenvalue weighted by Gasteiger charge is 2.28. The lowest BCUT2D eigenvalue weighted by atomic mass is 9.84. The van der Waals surface area contributed by atoms with E-state index >= 15 is 0 Å². The molecule has 0 radical (unpaired) electrons. The zero-order valence-corrected chi connectivity index (χ0v) is 15.3. The molecule has 0 spiro atoms. The molecular formula is C22H28N2O. The first-order valence-electron chi connectivity index (χ1n) is 9.25. The highest BCUT2D eigenvalue weighted by molar-refractivity contribution is 5.95. The van der Waals surface area contributed by atoms with Crippen molar-refractivity contribution in [2.45, 2.75) is 39.5 Å². The van der Waals surface area contributed by atoms with Crippen LogP contribution >= 0.6 is 0 Å². The minimum atomic E-state index is -0.451. The number of anilines is 2. The Kier molecular flexibility index (Phi) is 5.42. The molecule has 2 aromatic rings. The van der Waals surface area contributed by atoms with E-state index in [2.05, 4.69) is 34.5 Å². The van der Waals surface area contributed by atoms with E-state index < -0.39 is 5.41 Å². The molecule has 1 saturated heterocycles. The zero-order chi connectivity index (χ0) is 17.7. The topological polar surface area (TPSA) is 32.3 Å². The number of nitrogens with one attached hydrogen (secondary N) is 1. The fourth-order valence-corrected chi connectivity index (χ4v) is 3.39. The average molecular weight is 336 g/mol. The first-order chi connectivity index (χ1) is 12.0. The van der Waals surface area contributed by atoms with Crippen LogP contribution in [0.3, 0.4) is 0 Å². The maximum atomic E-state index is 12.7. The SMILES string of the molecule is CC(C)(Cc1ccccc1)C(=O)Nc1ccc(N2CCCCC2)cc1. The minimum Gasteiger partial charge on any atom is -0.372 e. The average Bonchev–Trinajstić information content (AvgIpc) is 2.63. The van der Waals surface area contributed by atoms with Crippen LogP contribution in [0.5, 0.6) is 0 Å². The van der Waals surface area contributed by atoms with Gasteiger partial charge in [0.25, 0.3) is 0 Å². The Morgan fingerprint density at radius 3 is 2.24 bits per heavy atom. The van der Waals surface area contributed by atoms with Gasteiger partial charge in [0.2, 0.25) is 5.91 Å². The maximum Gasteiger partial charge on any atom is 0.230 e. The number of nitrogens with zero attached hydrogens (tertiary/aromatic N) is 1. The summed E-state index contributed by atoms with van der Waals surface area (Å²) in [6.45, 7) is 6.26. The lowest BCUT2D eigenvalue weighted by molar-refractivity contribution is -0.123. The number of carbonyl (C=O) groups excluding carboxylic acids is 1. The van der Waals surface area contributed by atoms with Crippen molar-refractivity contribution < 1.29 is 4.79 Å². The van der Waals surface area contributed by atoms with E-state index in [1.54, 1.807) is 0 Å². The Hall–Kier alpha value is -2.29. The molecule has 3 nitrogen and oxygen atoms in total. The molecule has 1 N–H and O–H groups in total. The third-order valence-electron chi connectivity index (χ3n) is 4.95. The molecule has 25 heavy (non-hydrogen) atoms. The molecule has 0 aliphatic carbocycles. The smallest absolute Gasteiger partial charge is 0.230 e. The Bertz CT molecular complexity index is 686. The molecule has 1 aliphatic rings. The third kappa shape index (κ3) is 4.62. The highest BCUT2D eigenvalue weighted by atomic mass is 16.2. The summed E-state index contributed by atoms with van der Waals surface area (Å²) in [6.07, 6.45) is 4.60. The van der Waals surface area contributed by atoms with Crippen LogP contribution in [0.4, 0.5) is 11.4 Å². The fourth-order valence-electron chi connectivity index (χ4n) is 3.39. The predicted molar refractivity (Wildman–Crippen MR) is 105 cm³/mol. The van der Waals surface area contributed by atoms with Crippen molar-refractivity contribution in [2.75, 3.05) is 23.3 Å². The lowest BCUT2D eigenvalue weighted by Gasteiger charge is -2.29. The number of benzene rings is 2. The van der Waals surface area contributed by atoms with Crippen molar-refractivity contribution in [1.82, 2.24) is 0 Å². The second kappa shape index (κ2) is 7.73. The van der Waals surface area contributed by atoms with Crippen LogP contribution in [-0.4, -0.2) is 19.0 Å². The van der Waals surface area contributed by atoms with Gasteiger partial charge in [0.1, 0.15) is 0 Å². The van der Waals surface area contributed by atoms with Crippen LogP contribution in [-0.2, 0) is 11.2 Å². The van der Waals surface area contributed by atoms with E-state index in [9.17, 15) is 4.79 Å². The van der Waals surface area contributed by atoms with Gasteiger partial charge < -0.3 is 10.2 Å². The van der Waals surface area contributed by atoms with Gasteiger partial charge in [0.15, 0.2) is 0 Å². The van der Waals surface area contributed by atoms with Crippen molar-refractivity contribution in [1.29, 1.82) is 0 Å². The number of amides is 1. The summed E-state index contributed by atoms with van der Waals surface area (Å²) in [5, 5.41) is 3.08. The van der Waals surface area contributed by atoms with Gasteiger partial charge in [-0.3, -0.25) is 4.79 Å². The maximum absolute atomic E-state index is 12.7. The Morgan fingerprint density at radius 2 is 1.60 bits per heavy atom. The summed E-state index contributed by atoms with van der Waals surface area (Å²) in [6, 6.07) is 18.4. The van der Waals surface area contributed by atoms with Crippen molar-refractivity contribution in [3.63, 3.8) is 0 Å². The van der Waals surface area contributed by atoms with Gasteiger partial charge >= 0.3 is 0 Å². The second-order valence-electron chi connectivity index (χ2n) is 7.59. The monoisotopic (exact) mass is 336 g/mol. The van der Waals surface area contributed by atoms with Crippen LogP contribution in [0, 0.1) is 5.41 Å². The third-order valence-corrected chi connectivity index (χ3v) is 4.95. The molecule has 0 saturated carbocycles. The van der Waals surface area contributed by atoms with E-state index in [0.717, 1.165) is 25.2 Å². The molecule has 132 valence electrons. The van der Waals surface area contributed by atoms with Gasteiger partial charge in [-0.05, 0) is 55.5 Å². The molecule has 0 atom stereocenters. The summed E-state index contributed by atoms with van der Waals surface area (Å²) in [5.41, 5.74) is 2.85.